The fourth-order valence-corrected chi connectivity index (χ4v) is 2.87. The van der Waals surface area contributed by atoms with Crippen molar-refractivity contribution in [2.45, 2.75) is 25.3 Å². The molecule has 2 aromatic heterocycles. The van der Waals surface area contributed by atoms with Crippen molar-refractivity contribution >= 4 is 5.91 Å². The predicted octanol–water partition coefficient (Wildman–Crippen LogP) is 0.421. The van der Waals surface area contributed by atoms with Crippen LogP contribution < -0.4 is 5.32 Å². The van der Waals surface area contributed by atoms with E-state index >= 15 is 0 Å². The molecule has 3 rings (SSSR count). The van der Waals surface area contributed by atoms with E-state index in [0.717, 1.165) is 43.7 Å². The van der Waals surface area contributed by atoms with Gasteiger partial charge in [0.25, 0.3) is 0 Å². The molecule has 0 saturated heterocycles. The Morgan fingerprint density at radius 2 is 2.41 bits per heavy atom. The molecule has 0 saturated carbocycles. The van der Waals surface area contributed by atoms with Gasteiger partial charge in [-0.2, -0.15) is 5.10 Å². The van der Waals surface area contributed by atoms with Gasteiger partial charge >= 0.3 is 0 Å². The van der Waals surface area contributed by atoms with Crippen LogP contribution in [0.1, 0.15) is 29.4 Å². The zero-order valence-corrected chi connectivity index (χ0v) is 13.0. The number of hydrogen-bond acceptors (Lipinski definition) is 4. The largest absolute Gasteiger partial charge is 0.348 e. The zero-order chi connectivity index (χ0) is 15.5. The van der Waals surface area contributed by atoms with Crippen LogP contribution in [0.4, 0.5) is 0 Å². The van der Waals surface area contributed by atoms with Crippen LogP contribution in [0.2, 0.25) is 0 Å². The van der Waals surface area contributed by atoms with Gasteiger partial charge in [0.2, 0.25) is 5.91 Å². The summed E-state index contributed by atoms with van der Waals surface area (Å²) in [5, 5.41) is 7.42. The van der Waals surface area contributed by atoms with E-state index in [2.05, 4.69) is 20.4 Å². The van der Waals surface area contributed by atoms with Crippen molar-refractivity contribution in [3.8, 4) is 0 Å². The Labute approximate surface area is 129 Å². The third-order valence-electron chi connectivity index (χ3n) is 4.09. The van der Waals surface area contributed by atoms with Crippen molar-refractivity contribution in [2.75, 3.05) is 20.1 Å². The summed E-state index contributed by atoms with van der Waals surface area (Å²) in [6.07, 6.45) is 8.30. The van der Waals surface area contributed by atoms with Crippen molar-refractivity contribution in [1.29, 1.82) is 0 Å². The van der Waals surface area contributed by atoms with Gasteiger partial charge in [-0.25, -0.2) is 4.98 Å². The van der Waals surface area contributed by atoms with Crippen LogP contribution in [0.5, 0.6) is 0 Å². The van der Waals surface area contributed by atoms with Gasteiger partial charge in [-0.3, -0.25) is 9.48 Å². The summed E-state index contributed by atoms with van der Waals surface area (Å²) in [6.45, 7) is 1.53. The summed E-state index contributed by atoms with van der Waals surface area (Å²) >= 11 is 0. The maximum absolute atomic E-state index is 12.6. The Morgan fingerprint density at radius 3 is 3.18 bits per heavy atom. The maximum Gasteiger partial charge on any atom is 0.245 e. The second kappa shape index (κ2) is 6.31. The molecule has 0 spiro atoms. The van der Waals surface area contributed by atoms with Gasteiger partial charge in [0.05, 0.1) is 18.2 Å². The lowest BCUT2D eigenvalue weighted by Gasteiger charge is -2.27. The summed E-state index contributed by atoms with van der Waals surface area (Å²) < 4.78 is 1.80. The Kier molecular flexibility index (Phi) is 4.24. The van der Waals surface area contributed by atoms with E-state index in [1.807, 2.05) is 26.5 Å². The van der Waals surface area contributed by atoms with E-state index in [-0.39, 0.29) is 11.9 Å². The Bertz CT molecular complexity index is 646. The molecule has 3 heterocycles. The summed E-state index contributed by atoms with van der Waals surface area (Å²) in [6, 6.07) is -0.321. The van der Waals surface area contributed by atoms with Crippen LogP contribution in [0, 0.1) is 0 Å². The van der Waals surface area contributed by atoms with Crippen LogP contribution in [-0.2, 0) is 24.7 Å². The highest BCUT2D eigenvalue weighted by Gasteiger charge is 2.30. The Morgan fingerprint density at radius 1 is 1.55 bits per heavy atom. The zero-order valence-electron chi connectivity index (χ0n) is 13.0. The van der Waals surface area contributed by atoms with Crippen LogP contribution in [0.15, 0.2) is 18.7 Å². The molecule has 22 heavy (non-hydrogen) atoms. The molecule has 7 nitrogen and oxygen atoms in total. The molecule has 7 heteroatoms. The second-order valence-electron chi connectivity index (χ2n) is 5.79. The number of carbonyl (C=O) groups is 1. The van der Waals surface area contributed by atoms with E-state index in [1.165, 1.54) is 5.56 Å². The first-order valence-corrected chi connectivity index (χ1v) is 7.63. The van der Waals surface area contributed by atoms with Crippen LogP contribution in [-0.4, -0.2) is 50.7 Å². The molecule has 0 unspecified atom stereocenters. The number of likely N-dealkylation sites (N-methyl/N-ethyl adjacent to an activating group) is 1. The third kappa shape index (κ3) is 3.04. The van der Waals surface area contributed by atoms with Crippen molar-refractivity contribution < 1.29 is 4.79 Å². The van der Waals surface area contributed by atoms with Crippen LogP contribution in [0.3, 0.4) is 0 Å². The highest BCUT2D eigenvalue weighted by Crippen LogP contribution is 2.21. The molecule has 2 N–H and O–H groups in total. The SMILES string of the molecule is CN(CCCc1cnn(C)c1)C(=O)[C@H]1NCCc2[nH]cnc21. The number of fused-ring (bicyclic) bond motifs is 1. The van der Waals surface area contributed by atoms with Gasteiger partial charge in [-0.15, -0.1) is 0 Å². The van der Waals surface area contributed by atoms with Crippen molar-refractivity contribution in [3.05, 3.63) is 35.7 Å². The fraction of sp³-hybridized carbons (Fsp3) is 0.533. The summed E-state index contributed by atoms with van der Waals surface area (Å²) in [4.78, 5) is 21.8. The van der Waals surface area contributed by atoms with Crippen molar-refractivity contribution in [1.82, 2.24) is 30.0 Å². The van der Waals surface area contributed by atoms with Gasteiger partial charge in [-0.05, 0) is 18.4 Å². The molecule has 0 bridgehead atoms. The predicted molar refractivity (Wildman–Crippen MR) is 82.2 cm³/mol. The molecule has 0 radical (unpaired) electrons. The van der Waals surface area contributed by atoms with E-state index in [1.54, 1.807) is 15.9 Å². The quantitative estimate of drug-likeness (QED) is 0.839. The molecular formula is C15H22N6O. The molecule has 1 aliphatic heterocycles. The average molecular weight is 302 g/mol. The standard InChI is InChI=1S/C15H22N6O/c1-20(7-3-4-11-8-19-21(2)9-11)15(22)14-13-12(5-6-16-14)17-10-18-13/h8-10,14,16H,3-7H2,1-2H3,(H,17,18)/t14-/m0/s1. The molecule has 1 aliphatic rings. The molecule has 0 aromatic carbocycles. The normalized spacial score (nSPS) is 17.3. The number of aromatic amines is 1. The number of hydrogen-bond donors (Lipinski definition) is 2. The number of carbonyl (C=O) groups excluding carboxylic acids is 1. The Hall–Kier alpha value is -2.15. The van der Waals surface area contributed by atoms with Crippen LogP contribution in [0.25, 0.3) is 0 Å². The first kappa shape index (κ1) is 14.8. The monoisotopic (exact) mass is 302 g/mol. The summed E-state index contributed by atoms with van der Waals surface area (Å²) in [7, 11) is 3.77. The lowest BCUT2D eigenvalue weighted by Crippen LogP contribution is -2.42. The number of rotatable bonds is 5. The smallest absolute Gasteiger partial charge is 0.245 e. The number of imidazole rings is 1. The van der Waals surface area contributed by atoms with Gasteiger partial charge < -0.3 is 15.2 Å². The molecular weight excluding hydrogens is 280 g/mol. The van der Waals surface area contributed by atoms with Gasteiger partial charge in [0.15, 0.2) is 0 Å². The highest BCUT2D eigenvalue weighted by atomic mass is 16.2. The van der Waals surface area contributed by atoms with E-state index in [0.29, 0.717) is 0 Å². The summed E-state index contributed by atoms with van der Waals surface area (Å²) in [5.41, 5.74) is 3.12. The molecule has 2 aromatic rings. The minimum absolute atomic E-state index is 0.0826. The van der Waals surface area contributed by atoms with Gasteiger partial charge in [-0.1, -0.05) is 0 Å². The lowest BCUT2D eigenvalue weighted by atomic mass is 10.0. The number of amides is 1. The van der Waals surface area contributed by atoms with Crippen LogP contribution >= 0.6 is 0 Å². The topological polar surface area (TPSA) is 78.8 Å². The van der Waals surface area contributed by atoms with E-state index < -0.39 is 0 Å². The molecule has 1 amide bonds. The molecule has 118 valence electrons. The number of aromatic nitrogens is 4. The lowest BCUT2D eigenvalue weighted by molar-refractivity contribution is -0.132. The third-order valence-corrected chi connectivity index (χ3v) is 4.09. The van der Waals surface area contributed by atoms with Crippen molar-refractivity contribution in [2.24, 2.45) is 7.05 Å². The number of nitrogens with zero attached hydrogens (tertiary/aromatic N) is 4. The Balaban J connectivity index is 1.54. The second-order valence-corrected chi connectivity index (χ2v) is 5.79. The minimum Gasteiger partial charge on any atom is -0.348 e. The molecule has 0 aliphatic carbocycles. The average Bonchev–Trinajstić information content (AvgIpc) is 3.14. The summed E-state index contributed by atoms with van der Waals surface area (Å²) in [5.74, 6) is 0.0826. The first-order chi connectivity index (χ1) is 10.6. The first-order valence-electron chi connectivity index (χ1n) is 7.63. The van der Waals surface area contributed by atoms with E-state index in [9.17, 15) is 4.79 Å². The van der Waals surface area contributed by atoms with E-state index in [4.69, 9.17) is 0 Å². The minimum atomic E-state index is -0.321. The number of nitrogens with one attached hydrogen (secondary N) is 2. The van der Waals surface area contributed by atoms with Gasteiger partial charge in [0.1, 0.15) is 6.04 Å². The maximum atomic E-state index is 12.6. The molecule has 0 fully saturated rings. The molecule has 1 atom stereocenters. The van der Waals surface area contributed by atoms with Crippen molar-refractivity contribution in [3.63, 3.8) is 0 Å². The fourth-order valence-electron chi connectivity index (χ4n) is 2.87. The highest BCUT2D eigenvalue weighted by molar-refractivity contribution is 5.83. The van der Waals surface area contributed by atoms with Gasteiger partial charge in [0, 0.05) is 45.5 Å². The number of aryl methyl sites for hydroxylation is 2. The number of H-pyrrole nitrogens is 1.